The fourth-order valence-electron chi connectivity index (χ4n) is 3.20. The molecule has 0 fully saturated rings. The smallest absolute Gasteiger partial charge is 0.139 e. The lowest BCUT2D eigenvalue weighted by atomic mass is 9.95. The van der Waals surface area contributed by atoms with Crippen molar-refractivity contribution in [2.75, 3.05) is 0 Å². The molecule has 0 unspecified atom stereocenters. The molecule has 4 rings (SSSR count). The van der Waals surface area contributed by atoms with E-state index in [9.17, 15) is 0 Å². The van der Waals surface area contributed by atoms with E-state index in [4.69, 9.17) is 4.42 Å². The molecule has 0 spiro atoms. The quantitative estimate of drug-likeness (QED) is 0.457. The second-order valence-electron chi connectivity index (χ2n) is 5.87. The molecule has 2 heterocycles. The zero-order chi connectivity index (χ0) is 15.3. The third kappa shape index (κ3) is 1.77. The van der Waals surface area contributed by atoms with E-state index in [1.165, 1.54) is 33.0 Å². The molecule has 0 saturated carbocycles. The van der Waals surface area contributed by atoms with Gasteiger partial charge in [0.2, 0.25) is 0 Å². The minimum atomic E-state index is 0.944. The van der Waals surface area contributed by atoms with Crippen LogP contribution in [0.1, 0.15) is 16.7 Å². The van der Waals surface area contributed by atoms with Crippen LogP contribution in [-0.2, 0) is 0 Å². The number of benzene rings is 2. The first-order valence-electron chi connectivity index (χ1n) is 7.49. The largest absolute Gasteiger partial charge is 0.464 e. The number of rotatable bonds is 1. The van der Waals surface area contributed by atoms with E-state index in [2.05, 4.69) is 62.2 Å². The Kier molecular flexibility index (Phi) is 2.80. The number of hydrogen-bond acceptors (Lipinski definition) is 2. The third-order valence-electron chi connectivity index (χ3n) is 4.43. The van der Waals surface area contributed by atoms with Gasteiger partial charge in [0.1, 0.15) is 5.58 Å². The van der Waals surface area contributed by atoms with Gasteiger partial charge in [-0.2, -0.15) is 0 Å². The molecule has 2 aromatic carbocycles. The van der Waals surface area contributed by atoms with Gasteiger partial charge in [-0.25, -0.2) is 0 Å². The highest BCUT2D eigenvalue weighted by atomic mass is 16.3. The molecule has 0 aliphatic rings. The summed E-state index contributed by atoms with van der Waals surface area (Å²) in [5.41, 5.74) is 8.00. The van der Waals surface area contributed by atoms with Gasteiger partial charge in [-0.3, -0.25) is 4.98 Å². The van der Waals surface area contributed by atoms with Crippen LogP contribution in [0.25, 0.3) is 33.0 Å². The number of furan rings is 1. The van der Waals surface area contributed by atoms with E-state index in [1.807, 2.05) is 12.5 Å². The molecular weight excluding hydrogens is 270 g/mol. The van der Waals surface area contributed by atoms with Gasteiger partial charge < -0.3 is 4.42 Å². The summed E-state index contributed by atoms with van der Waals surface area (Å²) < 4.78 is 5.72. The molecule has 2 aromatic heterocycles. The van der Waals surface area contributed by atoms with Gasteiger partial charge >= 0.3 is 0 Å². The number of aryl methyl sites for hydroxylation is 3. The summed E-state index contributed by atoms with van der Waals surface area (Å²) in [7, 11) is 0. The number of nitrogens with zero attached hydrogens (tertiary/aromatic N) is 1. The Hall–Kier alpha value is -2.61. The van der Waals surface area contributed by atoms with Crippen molar-refractivity contribution < 1.29 is 4.42 Å². The van der Waals surface area contributed by atoms with Crippen molar-refractivity contribution >= 4 is 21.9 Å². The van der Waals surface area contributed by atoms with Gasteiger partial charge in [-0.15, -0.1) is 0 Å². The summed E-state index contributed by atoms with van der Waals surface area (Å²) in [6.45, 7) is 6.32. The maximum absolute atomic E-state index is 5.72. The summed E-state index contributed by atoms with van der Waals surface area (Å²) in [5, 5.41) is 2.36. The fourth-order valence-corrected chi connectivity index (χ4v) is 3.20. The predicted molar refractivity (Wildman–Crippen MR) is 91.2 cm³/mol. The van der Waals surface area contributed by atoms with Crippen molar-refractivity contribution in [3.8, 4) is 11.1 Å². The first kappa shape index (κ1) is 13.1. The van der Waals surface area contributed by atoms with E-state index < -0.39 is 0 Å². The average Bonchev–Trinajstić information content (AvgIpc) is 2.90. The van der Waals surface area contributed by atoms with Crippen LogP contribution in [0.15, 0.2) is 53.3 Å². The first-order chi connectivity index (χ1) is 10.7. The summed E-state index contributed by atoms with van der Waals surface area (Å²) >= 11 is 0. The molecule has 0 aliphatic heterocycles. The van der Waals surface area contributed by atoms with Gasteiger partial charge in [0, 0.05) is 22.5 Å². The molecular formula is C20H17NO. The van der Waals surface area contributed by atoms with Crippen molar-refractivity contribution in [3.05, 3.63) is 65.5 Å². The van der Waals surface area contributed by atoms with Crippen molar-refractivity contribution in [2.45, 2.75) is 20.8 Å². The van der Waals surface area contributed by atoms with E-state index in [0.717, 1.165) is 16.7 Å². The van der Waals surface area contributed by atoms with Crippen LogP contribution in [0.4, 0.5) is 0 Å². The monoisotopic (exact) mass is 287 g/mol. The van der Waals surface area contributed by atoms with E-state index >= 15 is 0 Å². The molecule has 2 heteroatoms. The van der Waals surface area contributed by atoms with Crippen LogP contribution in [0.3, 0.4) is 0 Å². The van der Waals surface area contributed by atoms with Crippen molar-refractivity contribution in [1.82, 2.24) is 4.98 Å². The van der Waals surface area contributed by atoms with Crippen LogP contribution < -0.4 is 0 Å². The van der Waals surface area contributed by atoms with Crippen LogP contribution in [-0.4, -0.2) is 4.98 Å². The van der Waals surface area contributed by atoms with Gasteiger partial charge in [0.25, 0.3) is 0 Å². The summed E-state index contributed by atoms with van der Waals surface area (Å²) in [6.07, 6.45) is 3.71. The van der Waals surface area contributed by atoms with E-state index in [-0.39, 0.29) is 0 Å². The number of hydrogen-bond donors (Lipinski definition) is 0. The van der Waals surface area contributed by atoms with Gasteiger partial charge in [-0.1, -0.05) is 24.3 Å². The molecule has 22 heavy (non-hydrogen) atoms. The molecule has 0 amide bonds. The second kappa shape index (κ2) is 4.70. The molecule has 0 bridgehead atoms. The van der Waals surface area contributed by atoms with Crippen molar-refractivity contribution in [1.29, 1.82) is 0 Å². The summed E-state index contributed by atoms with van der Waals surface area (Å²) in [5.74, 6) is 0. The molecule has 108 valence electrons. The molecule has 2 nitrogen and oxygen atoms in total. The maximum atomic E-state index is 5.72. The number of aromatic nitrogens is 1. The number of pyridine rings is 1. The van der Waals surface area contributed by atoms with Gasteiger partial charge in [-0.05, 0) is 55.2 Å². The molecule has 4 aromatic rings. The predicted octanol–water partition coefficient (Wildman–Crippen LogP) is 5.57. The lowest BCUT2D eigenvalue weighted by molar-refractivity contribution is 0.611. The first-order valence-corrected chi connectivity index (χ1v) is 7.49. The summed E-state index contributed by atoms with van der Waals surface area (Å²) in [6, 6.07) is 12.8. The standard InChI is InChI=1S/C20H17NO/c1-12-6-4-5-7-15(12)16-8-9-21-19-14(3)20-17(10-18(16)19)13(2)11-22-20/h4-11H,1-3H3. The zero-order valence-corrected chi connectivity index (χ0v) is 13.0. The highest BCUT2D eigenvalue weighted by Crippen LogP contribution is 2.36. The average molecular weight is 287 g/mol. The highest BCUT2D eigenvalue weighted by molar-refractivity contribution is 6.05. The Morgan fingerprint density at radius 1 is 0.864 bits per heavy atom. The van der Waals surface area contributed by atoms with Crippen LogP contribution >= 0.6 is 0 Å². The van der Waals surface area contributed by atoms with Gasteiger partial charge in [0.15, 0.2) is 0 Å². The Labute approximate surface area is 129 Å². The zero-order valence-electron chi connectivity index (χ0n) is 13.0. The van der Waals surface area contributed by atoms with Crippen LogP contribution in [0.5, 0.6) is 0 Å². The lowest BCUT2D eigenvalue weighted by Gasteiger charge is -2.11. The maximum Gasteiger partial charge on any atom is 0.139 e. The topological polar surface area (TPSA) is 26.0 Å². The summed E-state index contributed by atoms with van der Waals surface area (Å²) in [4.78, 5) is 4.60. The van der Waals surface area contributed by atoms with Crippen molar-refractivity contribution in [3.63, 3.8) is 0 Å². The van der Waals surface area contributed by atoms with Crippen molar-refractivity contribution in [2.24, 2.45) is 0 Å². The molecule has 0 N–H and O–H groups in total. The molecule has 0 atom stereocenters. The Morgan fingerprint density at radius 2 is 1.68 bits per heavy atom. The Balaban J connectivity index is 2.17. The van der Waals surface area contributed by atoms with Crippen LogP contribution in [0, 0.1) is 20.8 Å². The third-order valence-corrected chi connectivity index (χ3v) is 4.43. The highest BCUT2D eigenvalue weighted by Gasteiger charge is 2.14. The normalized spacial score (nSPS) is 11.4. The van der Waals surface area contributed by atoms with Crippen LogP contribution in [0.2, 0.25) is 0 Å². The molecule has 0 aliphatic carbocycles. The molecule has 0 saturated heterocycles. The number of fused-ring (bicyclic) bond motifs is 2. The second-order valence-corrected chi connectivity index (χ2v) is 5.87. The SMILES string of the molecule is Cc1ccccc1-c1ccnc2c(C)c3occ(C)c3cc12. The minimum Gasteiger partial charge on any atom is -0.464 e. The Bertz CT molecular complexity index is 1010. The lowest BCUT2D eigenvalue weighted by Crippen LogP contribution is -1.90. The minimum absolute atomic E-state index is 0.944. The van der Waals surface area contributed by atoms with E-state index in [0.29, 0.717) is 0 Å². The Morgan fingerprint density at radius 3 is 2.50 bits per heavy atom. The fraction of sp³-hybridized carbons (Fsp3) is 0.150. The van der Waals surface area contributed by atoms with E-state index in [1.54, 1.807) is 0 Å². The molecule has 0 radical (unpaired) electrons. The van der Waals surface area contributed by atoms with Gasteiger partial charge in [0.05, 0.1) is 11.8 Å².